The fraction of sp³-hybridized carbons (Fsp3) is 0.500. The van der Waals surface area contributed by atoms with Crippen LogP contribution in [-0.4, -0.2) is 19.0 Å². The van der Waals surface area contributed by atoms with Crippen molar-refractivity contribution in [3.8, 4) is 0 Å². The Hall–Kier alpha value is -0.610. The molecular formula is C10H11BrO3. The van der Waals surface area contributed by atoms with Crippen molar-refractivity contribution in [3.63, 3.8) is 0 Å². The molecule has 1 heterocycles. The van der Waals surface area contributed by atoms with Crippen LogP contribution in [0.25, 0.3) is 0 Å². The summed E-state index contributed by atoms with van der Waals surface area (Å²) in [5.41, 5.74) is 0. The average Bonchev–Trinajstić information content (AvgIpc) is 2.90. The van der Waals surface area contributed by atoms with Gasteiger partial charge in [0.15, 0.2) is 5.76 Å². The van der Waals surface area contributed by atoms with Gasteiger partial charge in [-0.25, -0.2) is 0 Å². The number of carbonyl (C=O) groups excluding carboxylic acids is 1. The van der Waals surface area contributed by atoms with Gasteiger partial charge >= 0.3 is 0 Å². The van der Waals surface area contributed by atoms with E-state index in [-0.39, 0.29) is 11.9 Å². The predicted octanol–water partition coefficient (Wildman–Crippen LogP) is 2.65. The molecule has 1 fully saturated rings. The van der Waals surface area contributed by atoms with Crippen molar-refractivity contribution in [2.24, 2.45) is 5.92 Å². The first-order valence-corrected chi connectivity index (χ1v) is 5.33. The minimum Gasteiger partial charge on any atom is -0.460 e. The van der Waals surface area contributed by atoms with Crippen molar-refractivity contribution in [3.05, 3.63) is 22.6 Å². The van der Waals surface area contributed by atoms with E-state index in [1.54, 1.807) is 13.2 Å². The van der Waals surface area contributed by atoms with E-state index in [9.17, 15) is 4.79 Å². The van der Waals surface area contributed by atoms with Crippen molar-refractivity contribution in [1.82, 2.24) is 0 Å². The highest BCUT2D eigenvalue weighted by Gasteiger charge is 2.38. The molecule has 2 rings (SSSR count). The zero-order chi connectivity index (χ0) is 10.1. The van der Waals surface area contributed by atoms with Crippen LogP contribution in [0.3, 0.4) is 0 Å². The lowest BCUT2D eigenvalue weighted by molar-refractivity contribution is 0.0512. The SMILES string of the molecule is COC(C(=O)c1occc1Br)C1CC1. The minimum absolute atomic E-state index is 0.0631. The molecule has 0 saturated heterocycles. The summed E-state index contributed by atoms with van der Waals surface area (Å²) < 4.78 is 11.0. The summed E-state index contributed by atoms with van der Waals surface area (Å²) in [5, 5.41) is 0. The Morgan fingerprint density at radius 1 is 1.71 bits per heavy atom. The second-order valence-corrected chi connectivity index (χ2v) is 4.31. The van der Waals surface area contributed by atoms with Crippen LogP contribution in [0.4, 0.5) is 0 Å². The standard InChI is InChI=1S/C10H11BrO3/c1-13-9(6-2-3-6)8(12)10-7(11)4-5-14-10/h4-6,9H,2-3H2,1H3. The van der Waals surface area contributed by atoms with Crippen molar-refractivity contribution in [1.29, 1.82) is 0 Å². The van der Waals surface area contributed by atoms with Crippen LogP contribution in [0.15, 0.2) is 21.2 Å². The second-order valence-electron chi connectivity index (χ2n) is 3.46. The number of ketones is 1. The van der Waals surface area contributed by atoms with E-state index in [1.807, 2.05) is 0 Å². The van der Waals surface area contributed by atoms with Gasteiger partial charge in [0, 0.05) is 7.11 Å². The van der Waals surface area contributed by atoms with Gasteiger partial charge in [-0.15, -0.1) is 0 Å². The highest BCUT2D eigenvalue weighted by molar-refractivity contribution is 9.10. The normalized spacial score (nSPS) is 18.1. The molecule has 1 atom stereocenters. The molecule has 76 valence electrons. The summed E-state index contributed by atoms with van der Waals surface area (Å²) in [5.74, 6) is 0.681. The van der Waals surface area contributed by atoms with Gasteiger partial charge in [-0.1, -0.05) is 0 Å². The number of ether oxygens (including phenoxy) is 1. The van der Waals surface area contributed by atoms with Gasteiger partial charge < -0.3 is 9.15 Å². The summed E-state index contributed by atoms with van der Waals surface area (Å²) in [4.78, 5) is 11.9. The molecule has 1 aromatic rings. The van der Waals surface area contributed by atoms with E-state index in [0.717, 1.165) is 12.8 Å². The second kappa shape index (κ2) is 3.87. The topological polar surface area (TPSA) is 39.4 Å². The van der Waals surface area contributed by atoms with Crippen molar-refractivity contribution >= 4 is 21.7 Å². The summed E-state index contributed by atoms with van der Waals surface area (Å²) >= 11 is 3.26. The maximum atomic E-state index is 11.9. The fourth-order valence-corrected chi connectivity index (χ4v) is 1.91. The smallest absolute Gasteiger partial charge is 0.228 e. The molecule has 14 heavy (non-hydrogen) atoms. The third kappa shape index (κ3) is 1.77. The average molecular weight is 259 g/mol. The Morgan fingerprint density at radius 2 is 2.43 bits per heavy atom. The number of carbonyl (C=O) groups is 1. The summed E-state index contributed by atoms with van der Waals surface area (Å²) in [6.45, 7) is 0. The number of hydrogen-bond acceptors (Lipinski definition) is 3. The maximum absolute atomic E-state index is 11.9. The number of Topliss-reactive ketones (excluding diaryl/α,β-unsaturated/α-hetero) is 1. The zero-order valence-electron chi connectivity index (χ0n) is 7.83. The van der Waals surface area contributed by atoms with E-state index in [4.69, 9.17) is 9.15 Å². The predicted molar refractivity (Wildman–Crippen MR) is 54.3 cm³/mol. The molecule has 0 spiro atoms. The zero-order valence-corrected chi connectivity index (χ0v) is 9.41. The highest BCUT2D eigenvalue weighted by atomic mass is 79.9. The largest absolute Gasteiger partial charge is 0.460 e. The Balaban J connectivity index is 2.17. The Labute approximate surface area is 90.6 Å². The minimum atomic E-state index is -0.336. The van der Waals surface area contributed by atoms with E-state index < -0.39 is 0 Å². The molecule has 0 N–H and O–H groups in total. The molecule has 1 unspecified atom stereocenters. The summed E-state index contributed by atoms with van der Waals surface area (Å²) in [6.07, 6.45) is 3.31. The van der Waals surface area contributed by atoms with Gasteiger partial charge in [0.1, 0.15) is 6.10 Å². The molecule has 3 nitrogen and oxygen atoms in total. The Bertz CT molecular complexity index is 341. The van der Waals surface area contributed by atoms with Gasteiger partial charge in [0.25, 0.3) is 0 Å². The lowest BCUT2D eigenvalue weighted by atomic mass is 10.1. The van der Waals surface area contributed by atoms with E-state index in [1.165, 1.54) is 6.26 Å². The number of halogens is 1. The molecule has 0 aromatic carbocycles. The molecule has 0 bridgehead atoms. The lowest BCUT2D eigenvalue weighted by Crippen LogP contribution is -2.25. The Morgan fingerprint density at radius 3 is 2.86 bits per heavy atom. The Kier molecular flexibility index (Phi) is 2.74. The fourth-order valence-electron chi connectivity index (χ4n) is 1.51. The van der Waals surface area contributed by atoms with Crippen LogP contribution < -0.4 is 0 Å². The van der Waals surface area contributed by atoms with Crippen molar-refractivity contribution in [2.45, 2.75) is 18.9 Å². The molecule has 4 heteroatoms. The van der Waals surface area contributed by atoms with Crippen LogP contribution in [0.2, 0.25) is 0 Å². The monoisotopic (exact) mass is 258 g/mol. The molecule has 0 amide bonds. The van der Waals surface area contributed by atoms with E-state index >= 15 is 0 Å². The first-order valence-electron chi connectivity index (χ1n) is 4.54. The summed E-state index contributed by atoms with van der Waals surface area (Å²) in [6, 6.07) is 1.72. The van der Waals surface area contributed by atoms with Crippen LogP contribution in [-0.2, 0) is 4.74 Å². The molecular weight excluding hydrogens is 248 g/mol. The molecule has 1 aliphatic rings. The van der Waals surface area contributed by atoms with Crippen LogP contribution in [0.1, 0.15) is 23.4 Å². The van der Waals surface area contributed by atoms with Crippen LogP contribution in [0, 0.1) is 5.92 Å². The number of hydrogen-bond donors (Lipinski definition) is 0. The molecule has 0 radical (unpaired) electrons. The van der Waals surface area contributed by atoms with E-state index in [0.29, 0.717) is 16.2 Å². The first-order chi connectivity index (χ1) is 6.74. The maximum Gasteiger partial charge on any atom is 0.228 e. The van der Waals surface area contributed by atoms with Crippen molar-refractivity contribution in [2.75, 3.05) is 7.11 Å². The molecule has 0 aliphatic heterocycles. The number of rotatable bonds is 4. The number of furan rings is 1. The molecule has 1 saturated carbocycles. The van der Waals surface area contributed by atoms with E-state index in [2.05, 4.69) is 15.9 Å². The first kappa shape index (κ1) is 9.93. The highest BCUT2D eigenvalue weighted by Crippen LogP contribution is 2.36. The van der Waals surface area contributed by atoms with Gasteiger partial charge in [-0.05, 0) is 40.8 Å². The third-order valence-electron chi connectivity index (χ3n) is 2.40. The quantitative estimate of drug-likeness (QED) is 0.780. The summed E-state index contributed by atoms with van der Waals surface area (Å²) in [7, 11) is 1.57. The third-order valence-corrected chi connectivity index (χ3v) is 3.03. The molecule has 1 aromatic heterocycles. The van der Waals surface area contributed by atoms with Gasteiger partial charge in [0.2, 0.25) is 5.78 Å². The van der Waals surface area contributed by atoms with Gasteiger partial charge in [0.05, 0.1) is 10.7 Å². The van der Waals surface area contributed by atoms with Crippen LogP contribution >= 0.6 is 15.9 Å². The lowest BCUT2D eigenvalue weighted by Gasteiger charge is -2.11. The number of methoxy groups -OCH3 is 1. The van der Waals surface area contributed by atoms with Crippen LogP contribution in [0.5, 0.6) is 0 Å². The molecule has 1 aliphatic carbocycles. The van der Waals surface area contributed by atoms with Gasteiger partial charge in [-0.3, -0.25) is 4.79 Å². The van der Waals surface area contributed by atoms with Crippen molar-refractivity contribution < 1.29 is 13.9 Å². The van der Waals surface area contributed by atoms with Gasteiger partial charge in [-0.2, -0.15) is 0 Å².